The monoisotopic (exact) mass is 746 g/mol. The van der Waals surface area contributed by atoms with E-state index in [1.54, 1.807) is 27.3 Å². The van der Waals surface area contributed by atoms with Crippen molar-refractivity contribution in [1.29, 1.82) is 0 Å². The molecule has 3 aromatic heterocycles. The fourth-order valence-electron chi connectivity index (χ4n) is 7.46. The molecule has 57 heavy (non-hydrogen) atoms. The maximum Gasteiger partial charge on any atom is 0.269 e. The molecule has 3 heterocycles. The molecule has 0 aliphatic heterocycles. The predicted molar refractivity (Wildman–Crippen MR) is 232 cm³/mol. The fourth-order valence-corrected chi connectivity index (χ4v) is 7.46. The Morgan fingerprint density at radius 2 is 1.26 bits per heavy atom. The highest BCUT2D eigenvalue weighted by molar-refractivity contribution is 6.09. The summed E-state index contributed by atoms with van der Waals surface area (Å²) in [6.45, 7) is 6.53. The quantitative estimate of drug-likeness (QED) is 0.120. The fraction of sp³-hybridized carbons (Fsp3) is 0.0769. The highest BCUT2D eigenvalue weighted by atomic mass is 16.5. The van der Waals surface area contributed by atoms with Gasteiger partial charge in [0.15, 0.2) is 0 Å². The molecule has 10 rings (SSSR count). The van der Waals surface area contributed by atoms with E-state index in [2.05, 4.69) is 55.9 Å². The van der Waals surface area contributed by atoms with Gasteiger partial charge in [0.1, 0.15) is 17.3 Å². The number of fused-ring (bicyclic) bond motifs is 4. The summed E-state index contributed by atoms with van der Waals surface area (Å²) in [7, 11) is 0. The van der Waals surface area contributed by atoms with E-state index in [0.29, 0.717) is 28.2 Å². The van der Waals surface area contributed by atoms with Crippen LogP contribution in [0.1, 0.15) is 40.0 Å². The number of aromatic nitrogens is 4. The van der Waals surface area contributed by atoms with E-state index in [-0.39, 0.29) is 33.4 Å². The average molecular weight is 747 g/mol. The molecule has 0 radical (unpaired) electrons. The maximum atomic E-state index is 8.99. The van der Waals surface area contributed by atoms with Crippen molar-refractivity contribution in [2.75, 3.05) is 0 Å². The van der Waals surface area contributed by atoms with Gasteiger partial charge in [0, 0.05) is 23.0 Å². The highest BCUT2D eigenvalue weighted by Gasteiger charge is 2.21. The number of imidazole rings is 1. The third-order valence-electron chi connectivity index (χ3n) is 10.2. The third kappa shape index (κ3) is 6.14. The molecule has 0 spiro atoms. The Morgan fingerprint density at radius 3 is 2.00 bits per heavy atom. The van der Waals surface area contributed by atoms with Crippen LogP contribution < -0.4 is 9.30 Å². The number of benzene rings is 7. The molecule has 0 bridgehead atoms. The van der Waals surface area contributed by atoms with Crippen molar-refractivity contribution in [2.45, 2.75) is 26.2 Å². The van der Waals surface area contributed by atoms with Crippen LogP contribution in [0.25, 0.3) is 72.3 Å². The second-order valence-corrected chi connectivity index (χ2v) is 14.7. The van der Waals surface area contributed by atoms with Gasteiger partial charge in [-0.1, -0.05) is 148 Å². The normalized spacial score (nSPS) is 14.2. The number of pyridine rings is 1. The van der Waals surface area contributed by atoms with Gasteiger partial charge in [0.25, 0.3) is 6.33 Å². The number of nitrogens with zero attached hydrogens (tertiary/aromatic N) is 4. The molecular weight excluding hydrogens is 697 g/mol. The second-order valence-electron chi connectivity index (χ2n) is 14.7. The van der Waals surface area contributed by atoms with Crippen molar-refractivity contribution < 1.29 is 23.0 Å². The van der Waals surface area contributed by atoms with Crippen LogP contribution in [0.15, 0.2) is 188 Å². The average Bonchev–Trinajstić information content (AvgIpc) is 3.87. The van der Waals surface area contributed by atoms with Crippen LogP contribution in [-0.2, 0) is 5.41 Å². The smallest absolute Gasteiger partial charge is 0.269 e. The molecular formula is C52H40N4O. The van der Waals surface area contributed by atoms with Crippen LogP contribution in [0.2, 0.25) is 0 Å². The third-order valence-corrected chi connectivity index (χ3v) is 10.2. The zero-order chi connectivity index (χ0) is 47.2. The summed E-state index contributed by atoms with van der Waals surface area (Å²) in [5, 5.41) is 2.13. The minimum atomic E-state index is -0.565. The van der Waals surface area contributed by atoms with E-state index in [1.807, 2.05) is 85.1 Å². The SMILES string of the molecule is [2H]c1c([2H])c([2H])c(-c2cccc(-c3c([2H])c([2H])c([2H])c([2H])c3[2H])c2-[n+]2[c-]n(-c3cccc(Oc4ccc5c6ccccc6n(-c6cc(C(C)(C)C)ccn6)c5c4)c3)c3ccccc32)c([2H])c1[2H]. The topological polar surface area (TPSA) is 35.9 Å². The summed E-state index contributed by atoms with van der Waals surface area (Å²) >= 11 is 0. The zero-order valence-corrected chi connectivity index (χ0v) is 31.3. The van der Waals surface area contributed by atoms with Gasteiger partial charge in [-0.15, -0.1) is 0 Å². The van der Waals surface area contributed by atoms with Crippen molar-refractivity contribution in [3.63, 3.8) is 0 Å². The zero-order valence-electron chi connectivity index (χ0n) is 41.3. The van der Waals surface area contributed by atoms with Gasteiger partial charge >= 0.3 is 0 Å². The molecule has 5 heteroatoms. The Labute approximate surface area is 346 Å². The van der Waals surface area contributed by atoms with E-state index in [0.717, 1.165) is 33.2 Å². The molecule has 0 atom stereocenters. The van der Waals surface area contributed by atoms with Gasteiger partial charge < -0.3 is 4.74 Å². The Balaban J connectivity index is 1.15. The highest BCUT2D eigenvalue weighted by Crippen LogP contribution is 2.37. The molecule has 5 nitrogen and oxygen atoms in total. The van der Waals surface area contributed by atoms with E-state index in [1.165, 1.54) is 0 Å². The molecule has 274 valence electrons. The first-order chi connectivity index (χ1) is 32.0. The van der Waals surface area contributed by atoms with Crippen LogP contribution >= 0.6 is 0 Å². The number of rotatable bonds is 7. The van der Waals surface area contributed by atoms with Crippen LogP contribution in [0.4, 0.5) is 0 Å². The summed E-state index contributed by atoms with van der Waals surface area (Å²) < 4.78 is 99.0. The van der Waals surface area contributed by atoms with Crippen molar-refractivity contribution in [2.24, 2.45) is 0 Å². The lowest BCUT2D eigenvalue weighted by Crippen LogP contribution is -2.31. The number of para-hydroxylation sites is 4. The first kappa shape index (κ1) is 25.0. The summed E-state index contributed by atoms with van der Waals surface area (Å²) in [6, 6.07) is 32.8. The standard InChI is InChI=1S/C52H40N4O/c1-52(2,3)38-30-31-53-50(32-38)56-46-25-11-10-22-44(46)45-29-28-41(34-49(45)56)57-40-21-14-20-39(33-40)54-35-55(48-27-13-12-26-47(48)54)51-42(36-16-6-4-7-17-36)23-15-24-43(51)37-18-8-5-9-19-37/h4-34H,1-3H3/i4D,5D,6D,7D,8D,9D,16D,17D,18D,19D. The van der Waals surface area contributed by atoms with E-state index in [9.17, 15) is 0 Å². The lowest BCUT2D eigenvalue weighted by atomic mass is 9.88. The van der Waals surface area contributed by atoms with E-state index < -0.39 is 60.4 Å². The van der Waals surface area contributed by atoms with Crippen molar-refractivity contribution in [1.82, 2.24) is 14.1 Å². The van der Waals surface area contributed by atoms with Crippen LogP contribution in [0.5, 0.6) is 11.5 Å². The van der Waals surface area contributed by atoms with Gasteiger partial charge in [-0.3, -0.25) is 13.7 Å². The summed E-state index contributed by atoms with van der Waals surface area (Å²) in [5.41, 5.74) is 5.12. The van der Waals surface area contributed by atoms with Gasteiger partial charge in [0.2, 0.25) is 0 Å². The van der Waals surface area contributed by atoms with Crippen LogP contribution in [0.3, 0.4) is 0 Å². The molecule has 0 aliphatic carbocycles. The van der Waals surface area contributed by atoms with Crippen molar-refractivity contribution in [3.8, 4) is 50.9 Å². The maximum absolute atomic E-state index is 8.99. The Kier molecular flexibility index (Phi) is 6.06. The largest absolute Gasteiger partial charge is 0.458 e. The molecule has 10 aromatic rings. The van der Waals surface area contributed by atoms with Gasteiger partial charge in [-0.05, 0) is 81.8 Å². The van der Waals surface area contributed by atoms with Gasteiger partial charge in [0.05, 0.1) is 47.1 Å². The lowest BCUT2D eigenvalue weighted by Gasteiger charge is -2.20. The molecule has 0 saturated carbocycles. The van der Waals surface area contributed by atoms with Crippen molar-refractivity contribution >= 4 is 32.8 Å². The number of ether oxygens (including phenoxy) is 1. The number of hydrogen-bond donors (Lipinski definition) is 0. The Morgan fingerprint density at radius 1 is 0.614 bits per heavy atom. The second kappa shape index (κ2) is 13.8. The summed E-state index contributed by atoms with van der Waals surface area (Å²) in [6.07, 6.45) is 5.28. The molecule has 0 saturated heterocycles. The van der Waals surface area contributed by atoms with E-state index in [4.69, 9.17) is 23.4 Å². The minimum Gasteiger partial charge on any atom is -0.458 e. The lowest BCUT2D eigenvalue weighted by molar-refractivity contribution is -0.571. The minimum absolute atomic E-state index is 0.0855. The molecule has 0 unspecified atom stereocenters. The molecule has 0 fully saturated rings. The van der Waals surface area contributed by atoms with E-state index >= 15 is 0 Å². The molecule has 0 amide bonds. The van der Waals surface area contributed by atoms with Crippen LogP contribution in [-0.4, -0.2) is 14.1 Å². The molecule has 0 aliphatic rings. The predicted octanol–water partition coefficient (Wildman–Crippen LogP) is 12.6. The Bertz CT molecular complexity index is 3540. The summed E-state index contributed by atoms with van der Waals surface area (Å²) in [4.78, 5) is 4.82. The van der Waals surface area contributed by atoms with Crippen LogP contribution in [0, 0.1) is 6.33 Å². The summed E-state index contributed by atoms with van der Waals surface area (Å²) in [5.74, 6) is 1.90. The first-order valence-electron chi connectivity index (χ1n) is 23.6. The molecule has 0 N–H and O–H groups in total. The Hall–Kier alpha value is -7.24. The first-order valence-corrected chi connectivity index (χ1v) is 18.6. The number of hydrogen-bond acceptors (Lipinski definition) is 2. The van der Waals surface area contributed by atoms with Gasteiger partial charge in [-0.25, -0.2) is 4.98 Å². The molecule has 7 aromatic carbocycles. The van der Waals surface area contributed by atoms with Gasteiger partial charge in [-0.2, -0.15) is 0 Å². The van der Waals surface area contributed by atoms with Crippen molar-refractivity contribution in [3.05, 3.63) is 200 Å².